The molecule has 1 N–H and O–H groups in total. The molecule has 0 amide bonds. The van der Waals surface area contributed by atoms with Crippen LogP contribution in [0.1, 0.15) is 0 Å². The molecule has 0 aliphatic heterocycles. The van der Waals surface area contributed by atoms with Crippen LogP contribution in [0.4, 0.5) is 10.2 Å². The van der Waals surface area contributed by atoms with E-state index < -0.39 is 15.8 Å². The SMILES string of the molecule is COc1cc(-c2cccc(F)c2)c(Cl)cc1-c1c2ccc(S(=O)(=O)Nc3ccon3)cc2cc(=O)n1C. The van der Waals surface area contributed by atoms with E-state index in [9.17, 15) is 17.6 Å². The zero-order valence-corrected chi connectivity index (χ0v) is 21.1. The number of aromatic nitrogens is 2. The van der Waals surface area contributed by atoms with Crippen LogP contribution in [0.15, 0.2) is 87.2 Å². The molecule has 0 spiro atoms. The van der Waals surface area contributed by atoms with Gasteiger partial charge in [0.25, 0.3) is 15.6 Å². The number of nitrogens with one attached hydrogen (secondary N) is 1. The average molecular weight is 540 g/mol. The Morgan fingerprint density at radius 1 is 1.05 bits per heavy atom. The number of hydrogen-bond acceptors (Lipinski definition) is 6. The quantitative estimate of drug-likeness (QED) is 0.307. The van der Waals surface area contributed by atoms with Crippen LogP contribution < -0.4 is 15.0 Å². The number of rotatable bonds is 6. The first-order valence-electron chi connectivity index (χ1n) is 10.9. The molecule has 0 fully saturated rings. The van der Waals surface area contributed by atoms with Crippen LogP contribution in [0.2, 0.25) is 5.02 Å². The van der Waals surface area contributed by atoms with Crippen LogP contribution in [0.25, 0.3) is 33.2 Å². The summed E-state index contributed by atoms with van der Waals surface area (Å²) in [6, 6.07) is 16.5. The highest BCUT2D eigenvalue weighted by Gasteiger charge is 2.21. The van der Waals surface area contributed by atoms with E-state index in [4.69, 9.17) is 16.3 Å². The van der Waals surface area contributed by atoms with Gasteiger partial charge in [0.05, 0.1) is 17.7 Å². The van der Waals surface area contributed by atoms with Crippen molar-refractivity contribution in [1.82, 2.24) is 9.72 Å². The van der Waals surface area contributed by atoms with E-state index in [1.54, 1.807) is 37.4 Å². The minimum Gasteiger partial charge on any atom is -0.496 e. The Labute approximate surface area is 215 Å². The minimum atomic E-state index is -3.99. The van der Waals surface area contributed by atoms with Gasteiger partial charge in [-0.05, 0) is 47.3 Å². The standard InChI is InChI=1S/C26H19ClFN3O5S/c1-31-25(32)12-16-11-18(37(33,34)30-24-8-9-36-29-24)6-7-19(16)26(31)21-13-22(27)20(14-23(21)35-2)15-4-3-5-17(28)10-15/h3-14H,1-2H3,(H,29,30). The number of fused-ring (bicyclic) bond motifs is 1. The van der Waals surface area contributed by atoms with Gasteiger partial charge in [0.2, 0.25) is 0 Å². The van der Waals surface area contributed by atoms with E-state index in [-0.39, 0.29) is 16.3 Å². The molecule has 0 saturated heterocycles. The second-order valence-corrected chi connectivity index (χ2v) is 10.3. The van der Waals surface area contributed by atoms with E-state index >= 15 is 0 Å². The molecule has 0 bridgehead atoms. The molecule has 0 aliphatic carbocycles. The number of anilines is 1. The van der Waals surface area contributed by atoms with Crippen molar-refractivity contribution in [2.75, 3.05) is 11.8 Å². The Hall–Kier alpha value is -4.15. The van der Waals surface area contributed by atoms with Crippen molar-refractivity contribution in [2.45, 2.75) is 4.90 Å². The van der Waals surface area contributed by atoms with Gasteiger partial charge >= 0.3 is 0 Å². The number of sulfonamides is 1. The van der Waals surface area contributed by atoms with Crippen molar-refractivity contribution in [2.24, 2.45) is 7.05 Å². The van der Waals surface area contributed by atoms with Crippen molar-refractivity contribution in [3.63, 3.8) is 0 Å². The third-order valence-electron chi connectivity index (χ3n) is 5.89. The van der Waals surface area contributed by atoms with Crippen molar-refractivity contribution in [1.29, 1.82) is 0 Å². The summed E-state index contributed by atoms with van der Waals surface area (Å²) in [5, 5.41) is 4.87. The van der Waals surface area contributed by atoms with Gasteiger partial charge in [-0.15, -0.1) is 0 Å². The van der Waals surface area contributed by atoms with E-state index in [0.717, 1.165) is 0 Å². The summed E-state index contributed by atoms with van der Waals surface area (Å²) in [4.78, 5) is 12.9. The molecule has 5 rings (SSSR count). The first-order chi connectivity index (χ1) is 17.7. The van der Waals surface area contributed by atoms with Gasteiger partial charge in [-0.1, -0.05) is 35.0 Å². The van der Waals surface area contributed by atoms with Gasteiger partial charge in [-0.2, -0.15) is 0 Å². The molecule has 0 atom stereocenters. The highest BCUT2D eigenvalue weighted by molar-refractivity contribution is 7.92. The number of benzene rings is 3. The Bertz CT molecular complexity index is 1820. The molecule has 8 nitrogen and oxygen atoms in total. The van der Waals surface area contributed by atoms with Crippen LogP contribution in [-0.2, 0) is 17.1 Å². The summed E-state index contributed by atoms with van der Waals surface area (Å²) in [5.41, 5.74) is 1.74. The monoisotopic (exact) mass is 539 g/mol. The lowest BCUT2D eigenvalue weighted by molar-refractivity contribution is 0.416. The lowest BCUT2D eigenvalue weighted by Gasteiger charge is -2.18. The Morgan fingerprint density at radius 3 is 2.57 bits per heavy atom. The second-order valence-electron chi connectivity index (χ2n) is 8.17. The molecular formula is C26H19ClFN3O5S. The number of methoxy groups -OCH3 is 1. The summed E-state index contributed by atoms with van der Waals surface area (Å²) < 4.78 is 53.6. The molecule has 0 saturated carbocycles. The maximum Gasteiger partial charge on any atom is 0.263 e. The maximum atomic E-state index is 13.8. The van der Waals surface area contributed by atoms with E-state index in [1.165, 1.54) is 54.3 Å². The summed E-state index contributed by atoms with van der Waals surface area (Å²) in [6.07, 6.45) is 1.24. The highest BCUT2D eigenvalue weighted by Crippen LogP contribution is 2.41. The van der Waals surface area contributed by atoms with Gasteiger partial charge < -0.3 is 13.8 Å². The van der Waals surface area contributed by atoms with Gasteiger partial charge in [-0.25, -0.2) is 12.8 Å². The first kappa shape index (κ1) is 24.5. The Morgan fingerprint density at radius 2 is 1.86 bits per heavy atom. The molecule has 2 heterocycles. The molecule has 5 aromatic rings. The lowest BCUT2D eigenvalue weighted by Crippen LogP contribution is -2.18. The largest absolute Gasteiger partial charge is 0.496 e. The zero-order valence-electron chi connectivity index (χ0n) is 19.5. The normalized spacial score (nSPS) is 11.6. The van der Waals surface area contributed by atoms with Crippen LogP contribution >= 0.6 is 11.6 Å². The number of halogens is 2. The molecule has 0 radical (unpaired) electrons. The van der Waals surface area contributed by atoms with Gasteiger partial charge in [0.15, 0.2) is 5.82 Å². The zero-order chi connectivity index (χ0) is 26.3. The van der Waals surface area contributed by atoms with Crippen molar-refractivity contribution in [3.8, 4) is 28.1 Å². The summed E-state index contributed by atoms with van der Waals surface area (Å²) >= 11 is 6.62. The van der Waals surface area contributed by atoms with Gasteiger partial charge in [-0.3, -0.25) is 9.52 Å². The average Bonchev–Trinajstić information content (AvgIpc) is 3.37. The van der Waals surface area contributed by atoms with Crippen LogP contribution in [0.3, 0.4) is 0 Å². The minimum absolute atomic E-state index is 0.0301. The topological polar surface area (TPSA) is 103 Å². The van der Waals surface area contributed by atoms with E-state index in [0.29, 0.717) is 43.9 Å². The van der Waals surface area contributed by atoms with Gasteiger partial charge in [0, 0.05) is 40.7 Å². The third kappa shape index (κ3) is 4.56. The van der Waals surface area contributed by atoms with E-state index in [1.807, 2.05) is 0 Å². The number of hydrogen-bond donors (Lipinski definition) is 1. The molecule has 11 heteroatoms. The van der Waals surface area contributed by atoms with Crippen LogP contribution in [0.5, 0.6) is 5.75 Å². The molecule has 188 valence electrons. The molecule has 2 aromatic heterocycles. The second kappa shape index (κ2) is 9.38. The summed E-state index contributed by atoms with van der Waals surface area (Å²) in [6.45, 7) is 0. The third-order valence-corrected chi connectivity index (χ3v) is 7.56. The fourth-order valence-electron chi connectivity index (χ4n) is 4.14. The highest BCUT2D eigenvalue weighted by atomic mass is 35.5. The maximum absolute atomic E-state index is 13.8. The molecule has 37 heavy (non-hydrogen) atoms. The Balaban J connectivity index is 1.69. The Kier molecular flexibility index (Phi) is 6.22. The van der Waals surface area contributed by atoms with Crippen molar-refractivity contribution >= 4 is 38.2 Å². The van der Waals surface area contributed by atoms with Crippen molar-refractivity contribution in [3.05, 3.63) is 94.2 Å². The number of nitrogens with zero attached hydrogens (tertiary/aromatic N) is 2. The molecule has 0 unspecified atom stereocenters. The fourth-order valence-corrected chi connectivity index (χ4v) is 5.44. The molecular weight excluding hydrogens is 521 g/mol. The van der Waals surface area contributed by atoms with Crippen LogP contribution in [0, 0.1) is 5.82 Å². The molecule has 3 aromatic carbocycles. The summed E-state index contributed by atoms with van der Waals surface area (Å²) in [5.74, 6) is 0.0231. The number of pyridine rings is 1. The fraction of sp³-hybridized carbons (Fsp3) is 0.0769. The predicted molar refractivity (Wildman–Crippen MR) is 139 cm³/mol. The van der Waals surface area contributed by atoms with Crippen molar-refractivity contribution < 1.29 is 22.1 Å². The lowest BCUT2D eigenvalue weighted by atomic mass is 9.98. The smallest absolute Gasteiger partial charge is 0.263 e. The number of ether oxygens (including phenoxy) is 1. The molecule has 0 aliphatic rings. The van der Waals surface area contributed by atoms with E-state index in [2.05, 4.69) is 14.4 Å². The predicted octanol–water partition coefficient (Wildman–Crippen LogP) is 5.46. The summed E-state index contributed by atoms with van der Waals surface area (Å²) in [7, 11) is -0.916. The first-order valence-corrected chi connectivity index (χ1v) is 12.7. The van der Waals surface area contributed by atoms with Crippen LogP contribution in [-0.4, -0.2) is 25.3 Å². The van der Waals surface area contributed by atoms with Gasteiger partial charge in [0.1, 0.15) is 17.8 Å².